The van der Waals surface area contributed by atoms with Gasteiger partial charge in [0, 0.05) is 10.6 Å². The van der Waals surface area contributed by atoms with Crippen molar-refractivity contribution < 1.29 is 18.8 Å². The van der Waals surface area contributed by atoms with Gasteiger partial charge in [-0.25, -0.2) is 9.69 Å². The number of furan rings is 1. The van der Waals surface area contributed by atoms with E-state index in [1.54, 1.807) is 38.1 Å². The lowest BCUT2D eigenvalue weighted by Gasteiger charge is -2.26. The monoisotopic (exact) mass is 344 g/mol. The number of nitrogens with one attached hydrogen (secondary N) is 1. The number of hydrogen-bond acceptors (Lipinski definition) is 4. The number of benzene rings is 1. The van der Waals surface area contributed by atoms with E-state index in [1.165, 1.54) is 12.1 Å². The summed E-state index contributed by atoms with van der Waals surface area (Å²) in [5, 5.41) is 2.53. The Labute approximate surface area is 142 Å². The molecule has 2 aromatic rings. The average molecular weight is 345 g/mol. The Morgan fingerprint density at radius 2 is 1.92 bits per heavy atom. The number of amides is 4. The number of imide groups is 2. The van der Waals surface area contributed by atoms with Crippen LogP contribution in [0.4, 0.5) is 10.5 Å². The molecule has 1 aliphatic rings. The summed E-state index contributed by atoms with van der Waals surface area (Å²) in [4.78, 5) is 37.7. The Balaban J connectivity index is 2.05. The van der Waals surface area contributed by atoms with Gasteiger partial charge in [0.05, 0.1) is 5.69 Å². The van der Waals surface area contributed by atoms with Gasteiger partial charge in [-0.2, -0.15) is 0 Å². The number of hydrogen-bond donors (Lipinski definition) is 1. The molecule has 0 atom stereocenters. The minimum atomic E-state index is -0.815. The third-order valence-corrected chi connectivity index (χ3v) is 3.78. The first-order valence-electron chi connectivity index (χ1n) is 7.11. The van der Waals surface area contributed by atoms with Gasteiger partial charge in [0.1, 0.15) is 17.1 Å². The van der Waals surface area contributed by atoms with Crippen molar-refractivity contribution in [1.82, 2.24) is 5.32 Å². The molecule has 0 aliphatic carbocycles. The predicted octanol–water partition coefficient (Wildman–Crippen LogP) is 3.22. The Bertz CT molecular complexity index is 898. The minimum Gasteiger partial charge on any atom is -0.466 e. The number of halogens is 1. The zero-order valence-electron chi connectivity index (χ0n) is 12.9. The Hall–Kier alpha value is -2.86. The fourth-order valence-electron chi connectivity index (χ4n) is 2.46. The van der Waals surface area contributed by atoms with Crippen molar-refractivity contribution >= 4 is 41.2 Å². The number of nitrogens with zero attached hydrogens (tertiary/aromatic N) is 1. The van der Waals surface area contributed by atoms with E-state index in [4.69, 9.17) is 16.0 Å². The molecule has 3 rings (SSSR count). The lowest BCUT2D eigenvalue weighted by Crippen LogP contribution is -2.54. The highest BCUT2D eigenvalue weighted by molar-refractivity contribution is 6.39. The van der Waals surface area contributed by atoms with Crippen molar-refractivity contribution in [3.63, 3.8) is 0 Å². The summed E-state index contributed by atoms with van der Waals surface area (Å²) in [5.41, 5.74) is 0.730. The van der Waals surface area contributed by atoms with E-state index < -0.39 is 17.8 Å². The largest absolute Gasteiger partial charge is 0.466 e. The van der Waals surface area contributed by atoms with Crippen LogP contribution in [0.25, 0.3) is 6.08 Å². The molecule has 4 amide bonds. The van der Waals surface area contributed by atoms with Crippen molar-refractivity contribution in [2.75, 3.05) is 4.90 Å². The molecular formula is C17H13ClN2O4. The highest BCUT2D eigenvalue weighted by atomic mass is 35.5. The number of carbonyl (C=O) groups is 3. The number of barbiturate groups is 1. The van der Waals surface area contributed by atoms with Crippen LogP contribution in [0, 0.1) is 13.8 Å². The average Bonchev–Trinajstić information content (AvgIpc) is 2.81. The maximum atomic E-state index is 12.7. The van der Waals surface area contributed by atoms with E-state index in [9.17, 15) is 14.4 Å². The van der Waals surface area contributed by atoms with Gasteiger partial charge in [-0.3, -0.25) is 14.9 Å². The molecule has 122 valence electrons. The van der Waals surface area contributed by atoms with E-state index in [0.29, 0.717) is 22.1 Å². The molecule has 0 radical (unpaired) electrons. The van der Waals surface area contributed by atoms with Crippen molar-refractivity contribution in [2.24, 2.45) is 0 Å². The SMILES string of the molecule is Cc1cc(/C=C2\C(=O)NC(=O)N(c3cccc(Cl)c3)C2=O)c(C)o1. The first-order chi connectivity index (χ1) is 11.4. The summed E-state index contributed by atoms with van der Waals surface area (Å²) in [6.07, 6.45) is 1.41. The van der Waals surface area contributed by atoms with Crippen LogP contribution in [0.2, 0.25) is 5.02 Å². The standard InChI is InChI=1S/C17H13ClN2O4/c1-9-6-11(10(2)24-9)7-14-15(21)19-17(23)20(16(14)22)13-5-3-4-12(18)8-13/h3-8H,1-2H3,(H,19,21,23)/b14-7+. The molecule has 1 saturated heterocycles. The molecule has 1 aromatic carbocycles. The minimum absolute atomic E-state index is 0.154. The summed E-state index contributed by atoms with van der Waals surface area (Å²) in [6, 6.07) is 7.16. The van der Waals surface area contributed by atoms with Crippen molar-refractivity contribution in [2.45, 2.75) is 13.8 Å². The van der Waals surface area contributed by atoms with E-state index in [2.05, 4.69) is 5.32 Å². The van der Waals surface area contributed by atoms with Crippen LogP contribution in [-0.2, 0) is 9.59 Å². The normalized spacial score (nSPS) is 16.7. The van der Waals surface area contributed by atoms with Crippen LogP contribution in [-0.4, -0.2) is 17.8 Å². The van der Waals surface area contributed by atoms with Gasteiger partial charge in [-0.05, 0) is 44.2 Å². The Morgan fingerprint density at radius 3 is 2.54 bits per heavy atom. The summed E-state index contributed by atoms with van der Waals surface area (Å²) in [6.45, 7) is 3.49. The summed E-state index contributed by atoms with van der Waals surface area (Å²) < 4.78 is 5.39. The number of carbonyl (C=O) groups excluding carboxylic acids is 3. The smallest absolute Gasteiger partial charge is 0.335 e. The van der Waals surface area contributed by atoms with Gasteiger partial charge in [-0.1, -0.05) is 17.7 Å². The quantitative estimate of drug-likeness (QED) is 0.670. The molecule has 1 aliphatic heterocycles. The third-order valence-electron chi connectivity index (χ3n) is 3.55. The maximum absolute atomic E-state index is 12.7. The van der Waals surface area contributed by atoms with Crippen molar-refractivity contribution in [1.29, 1.82) is 0 Å². The molecular weight excluding hydrogens is 332 g/mol. The molecule has 24 heavy (non-hydrogen) atoms. The van der Waals surface area contributed by atoms with Crippen molar-refractivity contribution in [3.8, 4) is 0 Å². The summed E-state index contributed by atoms with van der Waals surface area (Å²) in [7, 11) is 0. The number of anilines is 1. The summed E-state index contributed by atoms with van der Waals surface area (Å²) in [5.74, 6) is -0.233. The second kappa shape index (κ2) is 5.98. The van der Waals surface area contributed by atoms with Crippen LogP contribution in [0.5, 0.6) is 0 Å². The lowest BCUT2D eigenvalue weighted by atomic mass is 10.1. The molecule has 6 nitrogen and oxygen atoms in total. The van der Waals surface area contributed by atoms with Crippen LogP contribution in [0.1, 0.15) is 17.1 Å². The number of rotatable bonds is 2. The van der Waals surface area contributed by atoms with Gasteiger partial charge in [-0.15, -0.1) is 0 Å². The molecule has 1 N–H and O–H groups in total. The van der Waals surface area contributed by atoms with E-state index >= 15 is 0 Å². The van der Waals surface area contributed by atoms with Crippen LogP contribution < -0.4 is 10.2 Å². The topological polar surface area (TPSA) is 79.6 Å². The van der Waals surface area contributed by atoms with Crippen LogP contribution in [0.15, 0.2) is 40.3 Å². The number of urea groups is 1. The Kier molecular flexibility index (Phi) is 3.99. The predicted molar refractivity (Wildman–Crippen MR) is 88.6 cm³/mol. The third kappa shape index (κ3) is 2.83. The molecule has 0 unspecified atom stereocenters. The number of aryl methyl sites for hydroxylation is 2. The second-order valence-corrected chi connectivity index (χ2v) is 5.74. The zero-order valence-corrected chi connectivity index (χ0v) is 13.7. The molecule has 1 fully saturated rings. The highest BCUT2D eigenvalue weighted by Gasteiger charge is 2.37. The molecule has 0 bridgehead atoms. The zero-order chi connectivity index (χ0) is 17.4. The fraction of sp³-hybridized carbons (Fsp3) is 0.118. The first kappa shape index (κ1) is 16.0. The van der Waals surface area contributed by atoms with Crippen LogP contribution >= 0.6 is 11.6 Å². The maximum Gasteiger partial charge on any atom is 0.335 e. The first-order valence-corrected chi connectivity index (χ1v) is 7.48. The lowest BCUT2D eigenvalue weighted by molar-refractivity contribution is -0.122. The molecule has 1 aromatic heterocycles. The molecule has 0 spiro atoms. The summed E-state index contributed by atoms with van der Waals surface area (Å²) >= 11 is 5.91. The second-order valence-electron chi connectivity index (χ2n) is 5.31. The van der Waals surface area contributed by atoms with E-state index in [0.717, 1.165) is 4.90 Å². The molecule has 0 saturated carbocycles. The van der Waals surface area contributed by atoms with Crippen molar-refractivity contribution in [3.05, 3.63) is 58.0 Å². The van der Waals surface area contributed by atoms with E-state index in [1.807, 2.05) is 0 Å². The van der Waals surface area contributed by atoms with Gasteiger partial charge in [0.2, 0.25) is 0 Å². The molecule has 2 heterocycles. The molecule has 7 heteroatoms. The fourth-order valence-corrected chi connectivity index (χ4v) is 2.64. The van der Waals surface area contributed by atoms with Gasteiger partial charge >= 0.3 is 6.03 Å². The van der Waals surface area contributed by atoms with Gasteiger partial charge < -0.3 is 4.42 Å². The van der Waals surface area contributed by atoms with Crippen LogP contribution in [0.3, 0.4) is 0 Å². The van der Waals surface area contributed by atoms with Gasteiger partial charge in [0.25, 0.3) is 11.8 Å². The van der Waals surface area contributed by atoms with E-state index in [-0.39, 0.29) is 11.3 Å². The highest BCUT2D eigenvalue weighted by Crippen LogP contribution is 2.25. The van der Waals surface area contributed by atoms with Gasteiger partial charge in [0.15, 0.2) is 0 Å². The Morgan fingerprint density at radius 1 is 1.17 bits per heavy atom.